The Morgan fingerprint density at radius 1 is 1.39 bits per heavy atom. The lowest BCUT2D eigenvalue weighted by Gasteiger charge is -2.21. The summed E-state index contributed by atoms with van der Waals surface area (Å²) in [4.78, 5) is 10.1. The van der Waals surface area contributed by atoms with Crippen LogP contribution in [0, 0.1) is 0 Å². The van der Waals surface area contributed by atoms with Gasteiger partial charge in [0.2, 0.25) is 0 Å². The number of aromatic nitrogens is 2. The summed E-state index contributed by atoms with van der Waals surface area (Å²) in [5.74, 6) is 1.07. The molecule has 1 fully saturated rings. The first-order chi connectivity index (χ1) is 11.3. The summed E-state index contributed by atoms with van der Waals surface area (Å²) in [5.41, 5.74) is 7.81. The summed E-state index contributed by atoms with van der Waals surface area (Å²) in [7, 11) is 0. The van der Waals surface area contributed by atoms with Crippen LogP contribution in [0.1, 0.15) is 12.8 Å². The largest absolute Gasteiger partial charge is 0.381 e. The maximum atomic E-state index is 5.95. The number of nitrogens with two attached hydrogens (primary N) is 1. The summed E-state index contributed by atoms with van der Waals surface area (Å²) in [6.07, 6.45) is 6.02. The zero-order chi connectivity index (χ0) is 16.1. The molecule has 1 unspecified atom stereocenters. The van der Waals surface area contributed by atoms with Gasteiger partial charge in [-0.25, -0.2) is 9.97 Å². The number of rotatable bonds is 5. The Balaban J connectivity index is 1.72. The third-order valence-electron chi connectivity index (χ3n) is 3.64. The van der Waals surface area contributed by atoms with Crippen LogP contribution in [0.25, 0.3) is 11.3 Å². The van der Waals surface area contributed by atoms with E-state index in [1.165, 1.54) is 16.9 Å². The smallest absolute Gasteiger partial charge is 0.169 e. The van der Waals surface area contributed by atoms with E-state index < -0.39 is 0 Å². The standard InChI is InChI=1S/C16H20N4OS2/c1-22-12-6-4-11(5-7-12)14-10-18-15(17)16(20-14)19-9-13-3-2-8-21-23-13/h4-7,10,13H,2-3,8-9H2,1H3,(H2,17,18)(H,19,20). The monoisotopic (exact) mass is 348 g/mol. The van der Waals surface area contributed by atoms with E-state index >= 15 is 0 Å². The lowest BCUT2D eigenvalue weighted by molar-refractivity contribution is 0.332. The summed E-state index contributed by atoms with van der Waals surface area (Å²) in [6.45, 7) is 1.61. The summed E-state index contributed by atoms with van der Waals surface area (Å²) in [5, 5.41) is 3.74. The molecular weight excluding hydrogens is 328 g/mol. The van der Waals surface area contributed by atoms with Gasteiger partial charge in [-0.15, -0.1) is 11.8 Å². The van der Waals surface area contributed by atoms with Gasteiger partial charge in [-0.3, -0.25) is 0 Å². The number of benzene rings is 1. The first-order valence-corrected chi connectivity index (χ1v) is 9.58. The zero-order valence-corrected chi connectivity index (χ0v) is 14.6. The highest BCUT2D eigenvalue weighted by Crippen LogP contribution is 2.26. The van der Waals surface area contributed by atoms with Crippen molar-refractivity contribution in [1.82, 2.24) is 9.97 Å². The van der Waals surface area contributed by atoms with Gasteiger partial charge in [-0.1, -0.05) is 12.1 Å². The second-order valence-corrected chi connectivity index (χ2v) is 7.26. The van der Waals surface area contributed by atoms with Crippen LogP contribution in [-0.2, 0) is 4.18 Å². The van der Waals surface area contributed by atoms with Crippen molar-refractivity contribution >= 4 is 35.4 Å². The maximum Gasteiger partial charge on any atom is 0.169 e. The quantitative estimate of drug-likeness (QED) is 0.630. The molecule has 3 N–H and O–H groups in total. The molecule has 0 radical (unpaired) electrons. The summed E-state index contributed by atoms with van der Waals surface area (Å²) < 4.78 is 5.42. The minimum Gasteiger partial charge on any atom is -0.381 e. The highest BCUT2D eigenvalue weighted by atomic mass is 32.2. The van der Waals surface area contributed by atoms with Crippen molar-refractivity contribution in [2.45, 2.75) is 23.0 Å². The lowest BCUT2D eigenvalue weighted by atomic mass is 10.2. The van der Waals surface area contributed by atoms with Gasteiger partial charge >= 0.3 is 0 Å². The van der Waals surface area contributed by atoms with E-state index in [0.29, 0.717) is 16.9 Å². The highest BCUT2D eigenvalue weighted by Gasteiger charge is 2.16. The third-order valence-corrected chi connectivity index (χ3v) is 5.36. The fraction of sp³-hybridized carbons (Fsp3) is 0.375. The molecule has 1 saturated heterocycles. The first-order valence-electron chi connectivity index (χ1n) is 7.55. The molecule has 122 valence electrons. The van der Waals surface area contributed by atoms with E-state index in [2.05, 4.69) is 45.8 Å². The molecule has 2 aromatic rings. The van der Waals surface area contributed by atoms with Gasteiger partial charge < -0.3 is 15.2 Å². The number of nitrogens with one attached hydrogen (secondary N) is 1. The van der Waals surface area contributed by atoms with Crippen molar-refractivity contribution in [3.63, 3.8) is 0 Å². The third kappa shape index (κ3) is 4.31. The highest BCUT2D eigenvalue weighted by molar-refractivity contribution is 7.98. The van der Waals surface area contributed by atoms with Crippen molar-refractivity contribution < 1.29 is 4.18 Å². The topological polar surface area (TPSA) is 73.1 Å². The van der Waals surface area contributed by atoms with Crippen LogP contribution in [0.4, 0.5) is 11.6 Å². The molecule has 1 aliphatic rings. The molecule has 5 nitrogen and oxygen atoms in total. The Morgan fingerprint density at radius 2 is 2.22 bits per heavy atom. The predicted octanol–water partition coefficient (Wildman–Crippen LogP) is 3.69. The molecule has 2 heterocycles. The van der Waals surface area contributed by atoms with Gasteiger partial charge in [0.15, 0.2) is 11.6 Å². The van der Waals surface area contributed by atoms with Crippen molar-refractivity contribution in [2.24, 2.45) is 0 Å². The number of nitrogen functional groups attached to an aromatic ring is 1. The average Bonchev–Trinajstić information content (AvgIpc) is 2.62. The van der Waals surface area contributed by atoms with Crippen molar-refractivity contribution in [1.29, 1.82) is 0 Å². The minimum absolute atomic E-state index is 0.425. The molecule has 23 heavy (non-hydrogen) atoms. The molecule has 1 aromatic heterocycles. The summed E-state index contributed by atoms with van der Waals surface area (Å²) in [6, 6.07) is 8.28. The number of nitrogens with zero attached hydrogens (tertiary/aromatic N) is 2. The van der Waals surface area contributed by atoms with Gasteiger partial charge in [0.1, 0.15) is 0 Å². The van der Waals surface area contributed by atoms with Crippen molar-refractivity contribution in [3.05, 3.63) is 30.5 Å². The van der Waals surface area contributed by atoms with Crippen LogP contribution in [0.5, 0.6) is 0 Å². The van der Waals surface area contributed by atoms with Gasteiger partial charge in [-0.05, 0) is 43.3 Å². The predicted molar refractivity (Wildman–Crippen MR) is 98.7 cm³/mol. The van der Waals surface area contributed by atoms with Crippen LogP contribution in [0.15, 0.2) is 35.4 Å². The second kappa shape index (κ2) is 7.90. The van der Waals surface area contributed by atoms with E-state index in [4.69, 9.17) is 9.92 Å². The number of hydrogen-bond acceptors (Lipinski definition) is 7. The Hall–Kier alpha value is -1.44. The van der Waals surface area contributed by atoms with E-state index in [-0.39, 0.29) is 0 Å². The van der Waals surface area contributed by atoms with Crippen LogP contribution < -0.4 is 11.1 Å². The second-order valence-electron chi connectivity index (χ2n) is 5.28. The lowest BCUT2D eigenvalue weighted by Crippen LogP contribution is -2.22. The van der Waals surface area contributed by atoms with Crippen molar-refractivity contribution in [2.75, 3.05) is 30.5 Å². The normalized spacial score (nSPS) is 17.9. The first kappa shape index (κ1) is 16.4. The van der Waals surface area contributed by atoms with Crippen molar-refractivity contribution in [3.8, 4) is 11.3 Å². The van der Waals surface area contributed by atoms with Crippen LogP contribution >= 0.6 is 23.8 Å². The van der Waals surface area contributed by atoms with Gasteiger partial charge in [0.25, 0.3) is 0 Å². The minimum atomic E-state index is 0.425. The maximum absolute atomic E-state index is 5.95. The SMILES string of the molecule is CSc1ccc(-c2cnc(N)c(NCC3CCCOS3)n2)cc1. The molecule has 3 rings (SSSR count). The van der Waals surface area contributed by atoms with E-state index in [9.17, 15) is 0 Å². The fourth-order valence-corrected chi connectivity index (χ4v) is 3.57. The molecule has 0 saturated carbocycles. The molecule has 1 atom stereocenters. The Labute approximate surface area is 145 Å². The van der Waals surface area contributed by atoms with Crippen LogP contribution in [-0.4, -0.2) is 34.6 Å². The molecule has 0 amide bonds. The van der Waals surface area contributed by atoms with Gasteiger partial charge in [-0.2, -0.15) is 0 Å². The molecule has 7 heteroatoms. The Kier molecular flexibility index (Phi) is 5.64. The zero-order valence-electron chi connectivity index (χ0n) is 13.0. The number of thioether (sulfide) groups is 1. The van der Waals surface area contributed by atoms with E-state index in [1.54, 1.807) is 18.0 Å². The number of anilines is 2. The molecule has 0 bridgehead atoms. The molecule has 0 spiro atoms. The van der Waals surface area contributed by atoms with E-state index in [0.717, 1.165) is 37.3 Å². The number of hydrogen-bond donors (Lipinski definition) is 2. The van der Waals surface area contributed by atoms with E-state index in [1.807, 2.05) is 0 Å². The average molecular weight is 348 g/mol. The Morgan fingerprint density at radius 3 is 2.91 bits per heavy atom. The van der Waals surface area contributed by atoms with Crippen LogP contribution in [0.3, 0.4) is 0 Å². The van der Waals surface area contributed by atoms with Gasteiger partial charge in [0.05, 0.1) is 18.5 Å². The molecule has 1 aromatic carbocycles. The molecule has 0 aliphatic carbocycles. The molecule has 1 aliphatic heterocycles. The van der Waals surface area contributed by atoms with Gasteiger partial charge in [0, 0.05) is 22.3 Å². The molecular formula is C16H20N4OS2. The summed E-state index contributed by atoms with van der Waals surface area (Å²) >= 11 is 3.26. The fourth-order valence-electron chi connectivity index (χ4n) is 2.34. The van der Waals surface area contributed by atoms with Crippen LogP contribution in [0.2, 0.25) is 0 Å². The Bertz CT molecular complexity index is 645.